The van der Waals surface area contributed by atoms with Crippen molar-refractivity contribution < 1.29 is 23.8 Å². The van der Waals surface area contributed by atoms with Crippen molar-refractivity contribution >= 4 is 12.1 Å². The number of esters is 1. The van der Waals surface area contributed by atoms with E-state index in [1.165, 1.54) is 0 Å². The number of rotatable bonds is 9. The minimum absolute atomic E-state index is 0.161. The molecule has 8 heteroatoms. The molecule has 1 aromatic heterocycles. The zero-order valence-corrected chi connectivity index (χ0v) is 23.2. The van der Waals surface area contributed by atoms with Crippen molar-refractivity contribution in [2.45, 2.75) is 45.9 Å². The Kier molecular flexibility index (Phi) is 7.86. The van der Waals surface area contributed by atoms with Gasteiger partial charge in [0.1, 0.15) is 23.4 Å². The summed E-state index contributed by atoms with van der Waals surface area (Å²) in [6.07, 6.45) is 1.40. The van der Waals surface area contributed by atoms with Gasteiger partial charge < -0.3 is 18.8 Å². The average molecular weight is 540 g/mol. The fourth-order valence-corrected chi connectivity index (χ4v) is 4.87. The molecule has 40 heavy (non-hydrogen) atoms. The third-order valence-electron chi connectivity index (χ3n) is 7.11. The number of benzene rings is 3. The smallest absolute Gasteiger partial charge is 0.411 e. The van der Waals surface area contributed by atoms with E-state index in [2.05, 4.69) is 4.98 Å². The highest BCUT2D eigenvalue weighted by Gasteiger charge is 2.40. The number of carbonyl (C=O) groups excluding carboxylic acids is 2. The molecular formula is C32H33N3O5. The van der Waals surface area contributed by atoms with Crippen LogP contribution in [0.4, 0.5) is 4.79 Å². The van der Waals surface area contributed by atoms with E-state index in [-0.39, 0.29) is 30.6 Å². The second-order valence-electron chi connectivity index (χ2n) is 9.92. The summed E-state index contributed by atoms with van der Waals surface area (Å²) in [7, 11) is 1.96. The maximum Gasteiger partial charge on any atom is 0.411 e. The van der Waals surface area contributed by atoms with E-state index < -0.39 is 0 Å². The minimum atomic E-state index is -0.372. The molecule has 3 aromatic carbocycles. The van der Waals surface area contributed by atoms with Crippen LogP contribution < -0.4 is 4.74 Å². The highest BCUT2D eigenvalue weighted by molar-refractivity contribution is 5.73. The molecule has 1 saturated heterocycles. The zero-order valence-electron chi connectivity index (χ0n) is 23.2. The van der Waals surface area contributed by atoms with E-state index >= 15 is 0 Å². The lowest BCUT2D eigenvalue weighted by Gasteiger charge is -2.22. The van der Waals surface area contributed by atoms with E-state index in [4.69, 9.17) is 14.2 Å². The Hall–Kier alpha value is -4.59. The van der Waals surface area contributed by atoms with Gasteiger partial charge in [-0.1, -0.05) is 42.5 Å². The van der Waals surface area contributed by atoms with Crippen molar-refractivity contribution in [1.29, 1.82) is 0 Å². The van der Waals surface area contributed by atoms with Crippen LogP contribution in [0.3, 0.4) is 0 Å². The molecule has 0 spiro atoms. The van der Waals surface area contributed by atoms with Crippen LogP contribution in [0.5, 0.6) is 11.5 Å². The largest absolute Gasteiger partial charge is 0.466 e. The van der Waals surface area contributed by atoms with Crippen molar-refractivity contribution in [1.82, 2.24) is 14.5 Å². The molecule has 0 bridgehead atoms. The normalized spacial score (nSPS) is 16.6. The van der Waals surface area contributed by atoms with Crippen LogP contribution >= 0.6 is 0 Å². The number of cyclic esters (lactones) is 1. The summed E-state index contributed by atoms with van der Waals surface area (Å²) in [4.78, 5) is 31.4. The topological polar surface area (TPSA) is 82.9 Å². The van der Waals surface area contributed by atoms with Crippen molar-refractivity contribution in [3.05, 3.63) is 102 Å². The fourth-order valence-electron chi connectivity index (χ4n) is 4.87. The second kappa shape index (κ2) is 11.7. The third kappa shape index (κ3) is 5.86. The molecule has 8 nitrogen and oxygen atoms in total. The monoisotopic (exact) mass is 539 g/mol. The molecule has 0 N–H and O–H groups in total. The fraction of sp³-hybridized carbons (Fsp3) is 0.281. The first kappa shape index (κ1) is 27.0. The van der Waals surface area contributed by atoms with Crippen molar-refractivity contribution in [2.24, 2.45) is 7.05 Å². The van der Waals surface area contributed by atoms with Crippen molar-refractivity contribution in [2.75, 3.05) is 6.61 Å². The number of hydrogen-bond donors (Lipinski definition) is 0. The lowest BCUT2D eigenvalue weighted by Crippen LogP contribution is -2.31. The predicted molar refractivity (Wildman–Crippen MR) is 151 cm³/mol. The van der Waals surface area contributed by atoms with Gasteiger partial charge in [-0.25, -0.2) is 9.78 Å². The average Bonchev–Trinajstić information content (AvgIpc) is 3.43. The molecule has 0 aliphatic carbocycles. The Balaban J connectivity index is 1.45. The van der Waals surface area contributed by atoms with Crippen LogP contribution in [0.15, 0.2) is 79.0 Å². The molecule has 1 amide bonds. The highest BCUT2D eigenvalue weighted by atomic mass is 16.6. The Morgan fingerprint density at radius 1 is 1.05 bits per heavy atom. The molecular weight excluding hydrogens is 506 g/mol. The first-order valence-electron chi connectivity index (χ1n) is 13.4. The van der Waals surface area contributed by atoms with Crippen LogP contribution in [0.1, 0.15) is 42.5 Å². The lowest BCUT2D eigenvalue weighted by atomic mass is 10.0. The van der Waals surface area contributed by atoms with Gasteiger partial charge in [-0.3, -0.25) is 9.69 Å². The zero-order chi connectivity index (χ0) is 28.2. The first-order chi connectivity index (χ1) is 19.3. The Morgan fingerprint density at radius 2 is 1.85 bits per heavy atom. The SMILES string of the molecule is CCOC(=O)Cc1cccc(Oc2ccc(-c3cn(C)c(C)n3)cc2CN2C(=O)OC(c3ccccc3)C2C)c1. The van der Waals surface area contributed by atoms with Crippen LogP contribution in [0.25, 0.3) is 11.3 Å². The standard InChI is InChI=1S/C32H33N3O5/c1-5-38-30(36)17-23-10-9-13-27(16-23)39-29-15-14-25(28-20-34(4)22(3)33-28)18-26(29)19-35-21(2)31(40-32(35)37)24-11-7-6-8-12-24/h6-16,18,20-21,31H,5,17,19H2,1-4H3. The number of imidazole rings is 1. The van der Waals surface area contributed by atoms with Gasteiger partial charge in [-0.2, -0.15) is 0 Å². The number of aromatic nitrogens is 2. The van der Waals surface area contributed by atoms with Crippen molar-refractivity contribution in [3.63, 3.8) is 0 Å². The summed E-state index contributed by atoms with van der Waals surface area (Å²) >= 11 is 0. The van der Waals surface area contributed by atoms with E-state index in [9.17, 15) is 9.59 Å². The van der Waals surface area contributed by atoms with Gasteiger partial charge in [-0.15, -0.1) is 0 Å². The number of nitrogens with zero attached hydrogens (tertiary/aromatic N) is 3. The van der Waals surface area contributed by atoms with E-state index in [0.717, 1.165) is 33.8 Å². The van der Waals surface area contributed by atoms with Gasteiger partial charge >= 0.3 is 12.1 Å². The van der Waals surface area contributed by atoms with E-state index in [1.807, 2.05) is 104 Å². The second-order valence-corrected chi connectivity index (χ2v) is 9.92. The molecule has 1 fully saturated rings. The van der Waals surface area contributed by atoms with Gasteiger partial charge in [-0.05, 0) is 62.2 Å². The number of hydrogen-bond acceptors (Lipinski definition) is 6. The predicted octanol–water partition coefficient (Wildman–Crippen LogP) is 6.38. The van der Waals surface area contributed by atoms with Gasteiger partial charge in [0, 0.05) is 24.4 Å². The van der Waals surface area contributed by atoms with E-state index in [1.54, 1.807) is 11.8 Å². The molecule has 1 aliphatic rings. The summed E-state index contributed by atoms with van der Waals surface area (Å²) in [5.74, 6) is 1.80. The summed E-state index contributed by atoms with van der Waals surface area (Å²) in [6.45, 7) is 6.36. The molecule has 5 rings (SSSR count). The van der Waals surface area contributed by atoms with Gasteiger partial charge in [0.2, 0.25) is 0 Å². The summed E-state index contributed by atoms with van der Waals surface area (Å²) in [6, 6.07) is 22.8. The molecule has 4 aromatic rings. The van der Waals surface area contributed by atoms with Crippen LogP contribution in [0, 0.1) is 6.92 Å². The summed E-state index contributed by atoms with van der Waals surface area (Å²) in [5.41, 5.74) is 4.32. The maximum atomic E-state index is 13.0. The van der Waals surface area contributed by atoms with Gasteiger partial charge in [0.15, 0.2) is 0 Å². The van der Waals surface area contributed by atoms with Crippen LogP contribution in [0.2, 0.25) is 0 Å². The summed E-state index contributed by atoms with van der Waals surface area (Å²) in [5, 5.41) is 0. The molecule has 0 saturated carbocycles. The Labute approximate surface area is 234 Å². The third-order valence-corrected chi connectivity index (χ3v) is 7.11. The molecule has 2 heterocycles. The van der Waals surface area contributed by atoms with Gasteiger partial charge in [0.25, 0.3) is 0 Å². The number of ether oxygens (including phenoxy) is 3. The van der Waals surface area contributed by atoms with Crippen LogP contribution in [-0.2, 0) is 34.3 Å². The van der Waals surface area contributed by atoms with Crippen LogP contribution in [-0.4, -0.2) is 39.2 Å². The molecule has 0 radical (unpaired) electrons. The summed E-state index contributed by atoms with van der Waals surface area (Å²) < 4.78 is 19.2. The molecule has 2 unspecified atom stereocenters. The number of carbonyl (C=O) groups is 2. The van der Waals surface area contributed by atoms with E-state index in [0.29, 0.717) is 24.7 Å². The van der Waals surface area contributed by atoms with Crippen molar-refractivity contribution in [3.8, 4) is 22.8 Å². The highest BCUT2D eigenvalue weighted by Crippen LogP contribution is 2.37. The first-order valence-corrected chi connectivity index (χ1v) is 13.4. The molecule has 1 aliphatic heterocycles. The minimum Gasteiger partial charge on any atom is -0.466 e. The quantitative estimate of drug-likeness (QED) is 0.230. The maximum absolute atomic E-state index is 13.0. The number of amides is 1. The number of aryl methyl sites for hydroxylation is 2. The Bertz CT molecular complexity index is 1490. The Morgan fingerprint density at radius 3 is 2.58 bits per heavy atom. The molecule has 206 valence electrons. The molecule has 2 atom stereocenters. The lowest BCUT2D eigenvalue weighted by molar-refractivity contribution is -0.142. The van der Waals surface area contributed by atoms with Gasteiger partial charge in [0.05, 0.1) is 31.3 Å².